The molecule has 0 aliphatic heterocycles. The Hall–Kier alpha value is -1.41. The second-order valence-electron chi connectivity index (χ2n) is 5.23. The zero-order chi connectivity index (χ0) is 17.9. The van der Waals surface area contributed by atoms with E-state index in [9.17, 15) is 13.2 Å². The highest BCUT2D eigenvalue weighted by Gasteiger charge is 2.22. The minimum Gasteiger partial charge on any atom is -0.325 e. The van der Waals surface area contributed by atoms with Crippen molar-refractivity contribution in [3.05, 3.63) is 57.5 Å². The van der Waals surface area contributed by atoms with E-state index in [-0.39, 0.29) is 11.4 Å². The fourth-order valence-corrected chi connectivity index (χ4v) is 3.58. The van der Waals surface area contributed by atoms with Gasteiger partial charge in [0.15, 0.2) is 0 Å². The number of nitrogens with zero attached hydrogens (tertiary/aromatic N) is 1. The molecule has 0 radical (unpaired) electrons. The number of hydrogen-bond donors (Lipinski definition) is 1. The molecule has 1 amide bonds. The van der Waals surface area contributed by atoms with Crippen molar-refractivity contribution >= 4 is 49.1 Å². The fraction of sp³-hybridized carbons (Fsp3) is 0.188. The largest absolute Gasteiger partial charge is 0.325 e. The number of anilines is 1. The zero-order valence-corrected chi connectivity index (χ0v) is 16.2. The number of hydrogen-bond acceptors (Lipinski definition) is 3. The maximum Gasteiger partial charge on any atom is 0.243 e. The predicted molar refractivity (Wildman–Crippen MR) is 98.8 cm³/mol. The predicted octanol–water partition coefficient (Wildman–Crippen LogP) is 3.67. The number of carbonyl (C=O) groups excluding carboxylic acids is 1. The van der Waals surface area contributed by atoms with Crippen LogP contribution in [0.25, 0.3) is 0 Å². The molecule has 0 saturated heterocycles. The SMILES string of the molecule is Cc1ccc(NC(=O)CN(C)S(=O)(=O)c2ccc(Cl)cc2)cc1Br. The first-order chi connectivity index (χ1) is 11.2. The van der Waals surface area contributed by atoms with Crippen molar-refractivity contribution in [2.24, 2.45) is 0 Å². The van der Waals surface area contributed by atoms with Gasteiger partial charge in [-0.15, -0.1) is 0 Å². The molecular formula is C16H16BrClN2O3S. The Labute approximate surface area is 154 Å². The molecule has 0 aromatic heterocycles. The topological polar surface area (TPSA) is 66.5 Å². The maximum atomic E-state index is 12.4. The first-order valence-electron chi connectivity index (χ1n) is 6.98. The van der Waals surface area contributed by atoms with Crippen molar-refractivity contribution < 1.29 is 13.2 Å². The Morgan fingerprint density at radius 1 is 1.21 bits per heavy atom. The lowest BCUT2D eigenvalue weighted by Gasteiger charge is -2.17. The standard InChI is InChI=1S/C16H16BrClN2O3S/c1-11-3-6-13(9-15(11)17)19-16(21)10-20(2)24(22,23)14-7-4-12(18)5-8-14/h3-9H,10H2,1-2H3,(H,19,21). The van der Waals surface area contributed by atoms with Crippen molar-refractivity contribution in [3.8, 4) is 0 Å². The van der Waals surface area contributed by atoms with Crippen LogP contribution >= 0.6 is 27.5 Å². The van der Waals surface area contributed by atoms with Gasteiger partial charge in [-0.2, -0.15) is 4.31 Å². The van der Waals surface area contributed by atoms with Crippen molar-refractivity contribution in [2.45, 2.75) is 11.8 Å². The molecule has 0 aliphatic carbocycles. The van der Waals surface area contributed by atoms with E-state index in [1.165, 1.54) is 31.3 Å². The van der Waals surface area contributed by atoms with Crippen LogP contribution in [0.15, 0.2) is 51.8 Å². The van der Waals surface area contributed by atoms with E-state index in [4.69, 9.17) is 11.6 Å². The molecule has 24 heavy (non-hydrogen) atoms. The number of benzene rings is 2. The summed E-state index contributed by atoms with van der Waals surface area (Å²) in [7, 11) is -2.40. The molecule has 0 unspecified atom stereocenters. The molecule has 5 nitrogen and oxygen atoms in total. The van der Waals surface area contributed by atoms with Crippen LogP contribution in [0.4, 0.5) is 5.69 Å². The van der Waals surface area contributed by atoms with E-state index < -0.39 is 15.9 Å². The minimum absolute atomic E-state index is 0.0836. The summed E-state index contributed by atoms with van der Waals surface area (Å²) >= 11 is 9.15. The lowest BCUT2D eigenvalue weighted by molar-refractivity contribution is -0.116. The monoisotopic (exact) mass is 430 g/mol. The molecule has 0 bridgehead atoms. The Balaban J connectivity index is 2.07. The van der Waals surface area contributed by atoms with Gasteiger partial charge in [0.2, 0.25) is 15.9 Å². The molecule has 2 aromatic rings. The van der Waals surface area contributed by atoms with E-state index in [1.807, 2.05) is 13.0 Å². The van der Waals surface area contributed by atoms with Gasteiger partial charge in [-0.25, -0.2) is 8.42 Å². The quantitative estimate of drug-likeness (QED) is 0.785. The second-order valence-corrected chi connectivity index (χ2v) is 8.56. The van der Waals surface area contributed by atoms with E-state index in [0.29, 0.717) is 10.7 Å². The number of amides is 1. The lowest BCUT2D eigenvalue weighted by atomic mass is 10.2. The average molecular weight is 432 g/mol. The molecule has 0 aliphatic rings. The number of likely N-dealkylation sites (N-methyl/N-ethyl adjacent to an activating group) is 1. The summed E-state index contributed by atoms with van der Waals surface area (Å²) in [6, 6.07) is 11.2. The molecule has 2 rings (SSSR count). The molecule has 2 aromatic carbocycles. The van der Waals surface area contributed by atoms with Gasteiger partial charge in [0, 0.05) is 22.2 Å². The van der Waals surface area contributed by atoms with Gasteiger partial charge in [-0.3, -0.25) is 4.79 Å². The first kappa shape index (κ1) is 18.9. The van der Waals surface area contributed by atoms with Gasteiger partial charge >= 0.3 is 0 Å². The molecule has 8 heteroatoms. The van der Waals surface area contributed by atoms with Crippen molar-refractivity contribution in [2.75, 3.05) is 18.9 Å². The Morgan fingerprint density at radius 3 is 2.42 bits per heavy atom. The first-order valence-corrected chi connectivity index (χ1v) is 9.59. The third kappa shape index (κ3) is 4.57. The summed E-state index contributed by atoms with van der Waals surface area (Å²) in [5.41, 5.74) is 1.63. The molecule has 0 heterocycles. The van der Waals surface area contributed by atoms with Gasteiger partial charge in [-0.1, -0.05) is 33.6 Å². The van der Waals surface area contributed by atoms with Crippen LogP contribution < -0.4 is 5.32 Å². The smallest absolute Gasteiger partial charge is 0.243 e. The highest BCUT2D eigenvalue weighted by atomic mass is 79.9. The van der Waals surface area contributed by atoms with Crippen LogP contribution in [0.2, 0.25) is 5.02 Å². The summed E-state index contributed by atoms with van der Waals surface area (Å²) in [6.07, 6.45) is 0. The van der Waals surface area contributed by atoms with Crippen molar-refractivity contribution in [1.82, 2.24) is 4.31 Å². The van der Waals surface area contributed by atoms with Crippen LogP contribution in [0.3, 0.4) is 0 Å². The van der Waals surface area contributed by atoms with Gasteiger partial charge in [-0.05, 0) is 48.9 Å². The van der Waals surface area contributed by atoms with E-state index in [0.717, 1.165) is 14.3 Å². The van der Waals surface area contributed by atoms with Crippen LogP contribution in [0.1, 0.15) is 5.56 Å². The molecular weight excluding hydrogens is 416 g/mol. The van der Waals surface area contributed by atoms with Crippen LogP contribution in [-0.2, 0) is 14.8 Å². The lowest BCUT2D eigenvalue weighted by Crippen LogP contribution is -2.34. The van der Waals surface area contributed by atoms with E-state index >= 15 is 0 Å². The van der Waals surface area contributed by atoms with E-state index in [2.05, 4.69) is 21.2 Å². The molecule has 0 saturated carbocycles. The minimum atomic E-state index is -3.75. The third-order valence-corrected chi connectivity index (χ3v) is 6.27. The van der Waals surface area contributed by atoms with Gasteiger partial charge in [0.25, 0.3) is 0 Å². The van der Waals surface area contributed by atoms with Crippen LogP contribution in [0.5, 0.6) is 0 Å². The normalized spacial score (nSPS) is 11.5. The van der Waals surface area contributed by atoms with Crippen LogP contribution in [-0.4, -0.2) is 32.2 Å². The maximum absolute atomic E-state index is 12.4. The molecule has 1 N–H and O–H groups in total. The summed E-state index contributed by atoms with van der Waals surface area (Å²) in [5.74, 6) is -0.425. The van der Waals surface area contributed by atoms with Gasteiger partial charge < -0.3 is 5.32 Å². The molecule has 0 atom stereocenters. The second kappa shape index (κ2) is 7.65. The number of halogens is 2. The number of nitrogens with one attached hydrogen (secondary N) is 1. The Kier molecular flexibility index (Phi) is 6.03. The average Bonchev–Trinajstić information content (AvgIpc) is 2.51. The Bertz CT molecular complexity index is 854. The molecule has 128 valence electrons. The number of sulfonamides is 1. The number of carbonyl (C=O) groups is 1. The van der Waals surface area contributed by atoms with E-state index in [1.54, 1.807) is 12.1 Å². The highest BCUT2D eigenvalue weighted by molar-refractivity contribution is 9.10. The Morgan fingerprint density at radius 2 is 1.83 bits per heavy atom. The fourth-order valence-electron chi connectivity index (χ4n) is 1.94. The van der Waals surface area contributed by atoms with Crippen molar-refractivity contribution in [3.63, 3.8) is 0 Å². The molecule has 0 fully saturated rings. The van der Waals surface area contributed by atoms with Crippen LogP contribution in [0, 0.1) is 6.92 Å². The van der Waals surface area contributed by atoms with Gasteiger partial charge in [0.1, 0.15) is 0 Å². The van der Waals surface area contributed by atoms with Gasteiger partial charge in [0.05, 0.1) is 11.4 Å². The van der Waals surface area contributed by atoms with Crippen molar-refractivity contribution in [1.29, 1.82) is 0 Å². The summed E-state index contributed by atoms with van der Waals surface area (Å²) < 4.78 is 26.7. The number of aryl methyl sites for hydroxylation is 1. The summed E-state index contributed by atoms with van der Waals surface area (Å²) in [6.45, 7) is 1.64. The molecule has 0 spiro atoms. The summed E-state index contributed by atoms with van der Waals surface area (Å²) in [4.78, 5) is 12.2. The summed E-state index contributed by atoms with van der Waals surface area (Å²) in [5, 5.41) is 3.12. The third-order valence-electron chi connectivity index (χ3n) is 3.34. The number of rotatable bonds is 5. The zero-order valence-electron chi connectivity index (χ0n) is 13.1. The highest BCUT2D eigenvalue weighted by Crippen LogP contribution is 2.21.